The van der Waals surface area contributed by atoms with Gasteiger partial charge in [-0.25, -0.2) is 0 Å². The molecule has 2 aliphatic carbocycles. The van der Waals surface area contributed by atoms with Crippen LogP contribution in [0.15, 0.2) is 11.1 Å². The lowest BCUT2D eigenvalue weighted by Crippen LogP contribution is -2.42. The van der Waals surface area contributed by atoms with Crippen molar-refractivity contribution in [2.24, 2.45) is 0 Å². The van der Waals surface area contributed by atoms with Crippen LogP contribution in [0.25, 0.3) is 0 Å². The van der Waals surface area contributed by atoms with Gasteiger partial charge in [0.05, 0.1) is 12.2 Å². The fraction of sp³-hybridized carbons (Fsp3) is 0.867. The zero-order valence-corrected chi connectivity index (χ0v) is 11.1. The highest BCUT2D eigenvalue weighted by Crippen LogP contribution is 2.38. The molecule has 0 aromatic carbocycles. The van der Waals surface area contributed by atoms with E-state index in [1.807, 2.05) is 0 Å². The zero-order chi connectivity index (χ0) is 12.5. The van der Waals surface area contributed by atoms with E-state index in [1.165, 1.54) is 49.9 Å². The van der Waals surface area contributed by atoms with Crippen molar-refractivity contribution in [1.82, 2.24) is 4.90 Å². The quantitative estimate of drug-likeness (QED) is 0.699. The molecule has 2 N–H and O–H groups in total. The lowest BCUT2D eigenvalue weighted by molar-refractivity contribution is 0.00975. The van der Waals surface area contributed by atoms with Crippen LogP contribution in [-0.4, -0.2) is 46.5 Å². The molecule has 0 aromatic heterocycles. The van der Waals surface area contributed by atoms with Crippen molar-refractivity contribution >= 4 is 0 Å². The average Bonchev–Trinajstić information content (AvgIpc) is 2.41. The Hall–Kier alpha value is -0.380. The predicted molar refractivity (Wildman–Crippen MR) is 71.3 cm³/mol. The standard InChI is InChI=1S/C15H25NO2/c17-14-9-11-4-5-13(8-12(11)10-15(14)18)16-6-2-1-3-7-16/h13-15,17-18H,1-10H2/t13-,14-,15-/m1/s1. The monoisotopic (exact) mass is 251 g/mol. The van der Waals surface area contributed by atoms with Crippen molar-refractivity contribution < 1.29 is 10.2 Å². The van der Waals surface area contributed by atoms with Crippen LogP contribution in [0.1, 0.15) is 51.4 Å². The predicted octanol–water partition coefficient (Wildman–Crippen LogP) is 1.84. The highest BCUT2D eigenvalue weighted by atomic mass is 16.3. The molecule has 1 fully saturated rings. The van der Waals surface area contributed by atoms with Gasteiger partial charge in [0, 0.05) is 6.04 Å². The largest absolute Gasteiger partial charge is 0.390 e. The minimum absolute atomic E-state index is 0.518. The van der Waals surface area contributed by atoms with Crippen LogP contribution in [0.4, 0.5) is 0 Å². The molecule has 3 rings (SSSR count). The van der Waals surface area contributed by atoms with Gasteiger partial charge < -0.3 is 15.1 Å². The maximum atomic E-state index is 9.82. The Morgan fingerprint density at radius 3 is 2.22 bits per heavy atom. The first-order chi connectivity index (χ1) is 8.74. The van der Waals surface area contributed by atoms with E-state index < -0.39 is 12.2 Å². The van der Waals surface area contributed by atoms with Crippen molar-refractivity contribution in [2.75, 3.05) is 13.1 Å². The topological polar surface area (TPSA) is 43.7 Å². The summed E-state index contributed by atoms with van der Waals surface area (Å²) in [5.74, 6) is 0. The Balaban J connectivity index is 1.66. The second kappa shape index (κ2) is 5.32. The number of nitrogens with zero attached hydrogens (tertiary/aromatic N) is 1. The van der Waals surface area contributed by atoms with Gasteiger partial charge in [0.2, 0.25) is 0 Å². The Morgan fingerprint density at radius 1 is 0.833 bits per heavy atom. The second-order valence-corrected chi connectivity index (χ2v) is 6.24. The molecule has 102 valence electrons. The molecular formula is C15H25NO2. The van der Waals surface area contributed by atoms with Gasteiger partial charge in [-0.15, -0.1) is 0 Å². The van der Waals surface area contributed by atoms with Gasteiger partial charge in [0.25, 0.3) is 0 Å². The fourth-order valence-electron chi connectivity index (χ4n) is 3.89. The number of hydrogen-bond donors (Lipinski definition) is 2. The Morgan fingerprint density at radius 2 is 1.50 bits per heavy atom. The first-order valence-corrected chi connectivity index (χ1v) is 7.54. The van der Waals surface area contributed by atoms with Gasteiger partial charge >= 0.3 is 0 Å². The van der Waals surface area contributed by atoms with Crippen LogP contribution in [-0.2, 0) is 0 Å². The third-order valence-electron chi connectivity index (χ3n) is 5.02. The van der Waals surface area contributed by atoms with Crippen LogP contribution in [0.5, 0.6) is 0 Å². The third-order valence-corrected chi connectivity index (χ3v) is 5.02. The summed E-state index contributed by atoms with van der Waals surface area (Å²) in [6, 6.07) is 0.700. The summed E-state index contributed by atoms with van der Waals surface area (Å²) >= 11 is 0. The molecule has 1 saturated heterocycles. The minimum atomic E-state index is -0.524. The number of aliphatic hydroxyl groups excluding tert-OH is 2. The molecule has 0 amide bonds. The summed E-state index contributed by atoms with van der Waals surface area (Å²) < 4.78 is 0. The lowest BCUT2D eigenvalue weighted by atomic mass is 9.77. The fourth-order valence-corrected chi connectivity index (χ4v) is 3.89. The van der Waals surface area contributed by atoms with Crippen LogP contribution in [0, 0.1) is 0 Å². The second-order valence-electron chi connectivity index (χ2n) is 6.24. The van der Waals surface area contributed by atoms with E-state index in [2.05, 4.69) is 4.90 Å². The van der Waals surface area contributed by atoms with Crippen molar-refractivity contribution in [3.63, 3.8) is 0 Å². The number of rotatable bonds is 1. The molecule has 3 atom stereocenters. The van der Waals surface area contributed by atoms with Crippen LogP contribution >= 0.6 is 0 Å². The maximum Gasteiger partial charge on any atom is 0.0839 e. The van der Waals surface area contributed by atoms with Gasteiger partial charge in [-0.05, 0) is 58.0 Å². The van der Waals surface area contributed by atoms with E-state index in [0.717, 1.165) is 12.8 Å². The summed E-state index contributed by atoms with van der Waals surface area (Å²) in [6.07, 6.45) is 8.00. The highest BCUT2D eigenvalue weighted by Gasteiger charge is 2.33. The Labute approximate surface area is 109 Å². The summed E-state index contributed by atoms with van der Waals surface area (Å²) in [5.41, 5.74) is 2.90. The molecule has 0 bridgehead atoms. The zero-order valence-electron chi connectivity index (χ0n) is 11.1. The molecule has 1 heterocycles. The third kappa shape index (κ3) is 2.49. The van der Waals surface area contributed by atoms with E-state index in [0.29, 0.717) is 18.9 Å². The molecule has 0 unspecified atom stereocenters. The first-order valence-electron chi connectivity index (χ1n) is 7.54. The Kier molecular flexibility index (Phi) is 3.73. The smallest absolute Gasteiger partial charge is 0.0839 e. The Bertz CT molecular complexity index is 333. The van der Waals surface area contributed by atoms with E-state index >= 15 is 0 Å². The molecule has 3 aliphatic rings. The molecule has 3 heteroatoms. The summed E-state index contributed by atoms with van der Waals surface area (Å²) in [6.45, 7) is 2.52. The van der Waals surface area contributed by atoms with E-state index in [-0.39, 0.29) is 0 Å². The van der Waals surface area contributed by atoms with Crippen molar-refractivity contribution in [3.05, 3.63) is 11.1 Å². The molecule has 0 aromatic rings. The normalized spacial score (nSPS) is 38.7. The molecule has 3 nitrogen and oxygen atoms in total. The number of piperidine rings is 1. The van der Waals surface area contributed by atoms with Crippen molar-refractivity contribution in [3.8, 4) is 0 Å². The lowest BCUT2D eigenvalue weighted by Gasteiger charge is -2.41. The highest BCUT2D eigenvalue weighted by molar-refractivity contribution is 5.24. The van der Waals surface area contributed by atoms with Crippen LogP contribution in [0.2, 0.25) is 0 Å². The molecule has 0 saturated carbocycles. The number of likely N-dealkylation sites (tertiary alicyclic amines) is 1. The summed E-state index contributed by atoms with van der Waals surface area (Å²) in [5, 5.41) is 19.6. The minimum Gasteiger partial charge on any atom is -0.390 e. The van der Waals surface area contributed by atoms with Crippen molar-refractivity contribution in [1.29, 1.82) is 0 Å². The van der Waals surface area contributed by atoms with E-state index in [4.69, 9.17) is 0 Å². The van der Waals surface area contributed by atoms with Crippen LogP contribution < -0.4 is 0 Å². The summed E-state index contributed by atoms with van der Waals surface area (Å²) in [4.78, 5) is 2.66. The SMILES string of the molecule is O[C@@H]1CC2=C(C[C@H](N3CCCCC3)CC2)C[C@H]1O. The van der Waals surface area contributed by atoms with E-state index in [1.54, 1.807) is 0 Å². The molecule has 1 aliphatic heterocycles. The van der Waals surface area contributed by atoms with Crippen LogP contribution in [0.3, 0.4) is 0 Å². The van der Waals surface area contributed by atoms with Crippen molar-refractivity contribution in [2.45, 2.75) is 69.6 Å². The molecule has 0 radical (unpaired) electrons. The van der Waals surface area contributed by atoms with E-state index in [9.17, 15) is 10.2 Å². The molecular weight excluding hydrogens is 226 g/mol. The van der Waals surface area contributed by atoms with Gasteiger partial charge in [-0.2, -0.15) is 0 Å². The average molecular weight is 251 g/mol. The maximum absolute atomic E-state index is 9.82. The first kappa shape index (κ1) is 12.6. The van der Waals surface area contributed by atoms with Gasteiger partial charge in [0.15, 0.2) is 0 Å². The number of hydrogen-bond acceptors (Lipinski definition) is 3. The molecule has 18 heavy (non-hydrogen) atoms. The van der Waals surface area contributed by atoms with Gasteiger partial charge in [-0.3, -0.25) is 0 Å². The van der Waals surface area contributed by atoms with Gasteiger partial charge in [-0.1, -0.05) is 17.6 Å². The molecule has 0 spiro atoms. The number of aliphatic hydroxyl groups is 2. The van der Waals surface area contributed by atoms with Gasteiger partial charge in [0.1, 0.15) is 0 Å². The summed E-state index contributed by atoms with van der Waals surface area (Å²) in [7, 11) is 0.